The van der Waals surface area contributed by atoms with Crippen molar-refractivity contribution in [2.75, 3.05) is 19.8 Å². The lowest BCUT2D eigenvalue weighted by molar-refractivity contribution is -0.117. The van der Waals surface area contributed by atoms with Gasteiger partial charge in [-0.2, -0.15) is 0 Å². The van der Waals surface area contributed by atoms with Crippen LogP contribution < -0.4 is 0 Å². The molecule has 0 amide bonds. The lowest BCUT2D eigenvalue weighted by Crippen LogP contribution is -2.42. The molecule has 1 aromatic heterocycles. The van der Waals surface area contributed by atoms with Crippen LogP contribution in [0.3, 0.4) is 0 Å². The highest BCUT2D eigenvalue weighted by Gasteiger charge is 2.44. The highest BCUT2D eigenvalue weighted by Crippen LogP contribution is 2.43. The molecule has 2 aliphatic rings. The van der Waals surface area contributed by atoms with Crippen LogP contribution in [-0.4, -0.2) is 40.1 Å². The van der Waals surface area contributed by atoms with Gasteiger partial charge in [0.2, 0.25) is 0 Å². The molecule has 21 heavy (non-hydrogen) atoms. The molecule has 3 heterocycles. The monoisotopic (exact) mass is 312 g/mol. The van der Waals surface area contributed by atoms with E-state index in [-0.39, 0.29) is 16.9 Å². The summed E-state index contributed by atoms with van der Waals surface area (Å²) in [6.07, 6.45) is 2.17. The molecular formula is C15H24N2O3S. The van der Waals surface area contributed by atoms with E-state index in [1.54, 1.807) is 0 Å². The predicted molar refractivity (Wildman–Crippen MR) is 80.4 cm³/mol. The number of aliphatic hydroxyl groups is 1. The minimum Gasteiger partial charge on any atom is -0.387 e. The number of aromatic nitrogens is 2. The normalized spacial score (nSPS) is 31.7. The lowest BCUT2D eigenvalue weighted by atomic mass is 9.80. The highest BCUT2D eigenvalue weighted by molar-refractivity contribution is 7.05. The second-order valence-electron chi connectivity index (χ2n) is 7.27. The van der Waals surface area contributed by atoms with Crippen LogP contribution in [0.4, 0.5) is 0 Å². The van der Waals surface area contributed by atoms with Gasteiger partial charge in [-0.3, -0.25) is 0 Å². The average Bonchev–Trinajstić information content (AvgIpc) is 3.07. The number of ether oxygens (including phenoxy) is 2. The van der Waals surface area contributed by atoms with Crippen LogP contribution in [0.1, 0.15) is 56.7 Å². The molecule has 0 aliphatic carbocycles. The third-order valence-corrected chi connectivity index (χ3v) is 5.33. The van der Waals surface area contributed by atoms with Crippen molar-refractivity contribution in [3.8, 4) is 0 Å². The number of nitrogens with zero attached hydrogens (tertiary/aromatic N) is 2. The SMILES string of the molecule is CC(C)(C)c1nnsc1C(O)C1CCOC2(CCOC2)C1. The molecule has 3 rings (SSSR count). The van der Waals surface area contributed by atoms with Crippen LogP contribution in [0.25, 0.3) is 0 Å². The minimum atomic E-state index is -0.499. The molecular weight excluding hydrogens is 288 g/mol. The van der Waals surface area contributed by atoms with Crippen molar-refractivity contribution in [2.24, 2.45) is 5.92 Å². The molecule has 1 aromatic rings. The zero-order valence-corrected chi connectivity index (χ0v) is 13.8. The van der Waals surface area contributed by atoms with Gasteiger partial charge in [-0.25, -0.2) is 0 Å². The number of hydrogen-bond acceptors (Lipinski definition) is 6. The second-order valence-corrected chi connectivity index (χ2v) is 8.05. The molecule has 0 saturated carbocycles. The topological polar surface area (TPSA) is 64.5 Å². The predicted octanol–water partition coefficient (Wildman–Crippen LogP) is 2.45. The quantitative estimate of drug-likeness (QED) is 0.909. The van der Waals surface area contributed by atoms with Gasteiger partial charge in [-0.1, -0.05) is 25.3 Å². The van der Waals surface area contributed by atoms with E-state index in [9.17, 15) is 5.11 Å². The van der Waals surface area contributed by atoms with Crippen molar-refractivity contribution >= 4 is 11.5 Å². The summed E-state index contributed by atoms with van der Waals surface area (Å²) in [6.45, 7) is 8.44. The van der Waals surface area contributed by atoms with Crippen LogP contribution in [0.15, 0.2) is 0 Å². The van der Waals surface area contributed by atoms with Gasteiger partial charge in [-0.15, -0.1) is 5.10 Å². The van der Waals surface area contributed by atoms with Gasteiger partial charge in [-0.05, 0) is 30.3 Å². The third-order valence-electron chi connectivity index (χ3n) is 4.54. The molecule has 2 saturated heterocycles. The van der Waals surface area contributed by atoms with Crippen LogP contribution in [-0.2, 0) is 14.9 Å². The van der Waals surface area contributed by atoms with Gasteiger partial charge in [0.1, 0.15) is 0 Å². The van der Waals surface area contributed by atoms with Gasteiger partial charge < -0.3 is 14.6 Å². The van der Waals surface area contributed by atoms with Gasteiger partial charge in [0.05, 0.1) is 28.9 Å². The van der Waals surface area contributed by atoms with Crippen LogP contribution in [0.5, 0.6) is 0 Å². The summed E-state index contributed by atoms with van der Waals surface area (Å²) >= 11 is 1.33. The Balaban J connectivity index is 1.79. The van der Waals surface area contributed by atoms with E-state index in [1.165, 1.54) is 11.5 Å². The molecule has 0 radical (unpaired) electrons. The molecule has 0 aromatic carbocycles. The molecule has 6 heteroatoms. The summed E-state index contributed by atoms with van der Waals surface area (Å²) in [5.41, 5.74) is 0.648. The zero-order valence-electron chi connectivity index (χ0n) is 13.0. The first-order valence-corrected chi connectivity index (χ1v) is 8.41. The molecule has 118 valence electrons. The molecule has 2 aliphatic heterocycles. The highest BCUT2D eigenvalue weighted by atomic mass is 32.1. The average molecular weight is 312 g/mol. The smallest absolute Gasteiger partial charge is 0.0947 e. The summed E-state index contributed by atoms with van der Waals surface area (Å²) in [6, 6.07) is 0. The van der Waals surface area contributed by atoms with Crippen molar-refractivity contribution in [3.63, 3.8) is 0 Å². The Kier molecular flexibility index (Phi) is 4.07. The van der Waals surface area contributed by atoms with Crippen LogP contribution >= 0.6 is 11.5 Å². The first kappa shape index (κ1) is 15.3. The number of aliphatic hydroxyl groups excluding tert-OH is 1. The van der Waals surface area contributed by atoms with Gasteiger partial charge in [0.15, 0.2) is 0 Å². The maximum absolute atomic E-state index is 10.9. The maximum Gasteiger partial charge on any atom is 0.0947 e. The Morgan fingerprint density at radius 3 is 2.86 bits per heavy atom. The fraction of sp³-hybridized carbons (Fsp3) is 0.867. The largest absolute Gasteiger partial charge is 0.387 e. The van der Waals surface area contributed by atoms with Crippen molar-refractivity contribution in [1.29, 1.82) is 0 Å². The summed E-state index contributed by atoms with van der Waals surface area (Å²) in [7, 11) is 0. The Bertz CT molecular complexity index is 491. The number of rotatable bonds is 2. The number of hydrogen-bond donors (Lipinski definition) is 1. The Labute approximate surface area is 129 Å². The van der Waals surface area contributed by atoms with Gasteiger partial charge in [0.25, 0.3) is 0 Å². The summed E-state index contributed by atoms with van der Waals surface area (Å²) in [5.74, 6) is 0.198. The minimum absolute atomic E-state index is 0.0946. The van der Waals surface area contributed by atoms with E-state index in [0.717, 1.165) is 36.4 Å². The van der Waals surface area contributed by atoms with E-state index in [1.807, 2.05) is 0 Å². The van der Waals surface area contributed by atoms with E-state index in [0.29, 0.717) is 13.2 Å². The van der Waals surface area contributed by atoms with E-state index in [2.05, 4.69) is 30.4 Å². The van der Waals surface area contributed by atoms with Crippen molar-refractivity contribution in [1.82, 2.24) is 9.59 Å². The zero-order chi connectivity index (χ0) is 15.1. The summed E-state index contributed by atoms with van der Waals surface area (Å²) < 4.78 is 15.5. The Morgan fingerprint density at radius 2 is 2.19 bits per heavy atom. The summed E-state index contributed by atoms with van der Waals surface area (Å²) in [5, 5.41) is 15.1. The molecule has 2 fully saturated rings. The molecule has 1 spiro atoms. The van der Waals surface area contributed by atoms with Crippen LogP contribution in [0.2, 0.25) is 0 Å². The van der Waals surface area contributed by atoms with E-state index in [4.69, 9.17) is 9.47 Å². The first-order valence-electron chi connectivity index (χ1n) is 7.64. The second kappa shape index (κ2) is 5.57. The standard InChI is InChI=1S/C15H24N2O3S/c1-14(2,3)13-12(21-17-16-13)11(18)10-4-6-20-15(8-10)5-7-19-9-15/h10-11,18H,4-9H2,1-3H3. The fourth-order valence-electron chi connectivity index (χ4n) is 3.32. The van der Waals surface area contributed by atoms with Gasteiger partial charge in [0, 0.05) is 25.0 Å². The Hall–Kier alpha value is -0.560. The maximum atomic E-state index is 10.9. The molecule has 5 nitrogen and oxygen atoms in total. The molecule has 3 unspecified atom stereocenters. The van der Waals surface area contributed by atoms with Gasteiger partial charge >= 0.3 is 0 Å². The van der Waals surface area contributed by atoms with E-state index < -0.39 is 6.10 Å². The van der Waals surface area contributed by atoms with Crippen molar-refractivity contribution in [3.05, 3.63) is 10.6 Å². The fourth-order valence-corrected chi connectivity index (χ4v) is 4.27. The third kappa shape index (κ3) is 2.99. The Morgan fingerprint density at radius 1 is 1.38 bits per heavy atom. The molecule has 0 bridgehead atoms. The molecule has 1 N–H and O–H groups in total. The summed E-state index contributed by atoms with van der Waals surface area (Å²) in [4.78, 5) is 0.920. The van der Waals surface area contributed by atoms with E-state index >= 15 is 0 Å². The molecule has 3 atom stereocenters. The lowest BCUT2D eigenvalue weighted by Gasteiger charge is -2.39. The first-order chi connectivity index (χ1) is 9.91. The van der Waals surface area contributed by atoms with Crippen molar-refractivity contribution in [2.45, 2.75) is 57.2 Å². The van der Waals surface area contributed by atoms with Crippen molar-refractivity contribution < 1.29 is 14.6 Å². The van der Waals surface area contributed by atoms with Crippen LogP contribution in [0, 0.1) is 5.92 Å².